The summed E-state index contributed by atoms with van der Waals surface area (Å²) in [6, 6.07) is 15.6. The molecule has 0 radical (unpaired) electrons. The average Bonchev–Trinajstić information content (AvgIpc) is 2.77. The molecular formula is C22H23ClN6O2. The van der Waals surface area contributed by atoms with E-state index in [4.69, 9.17) is 11.6 Å². The van der Waals surface area contributed by atoms with E-state index in [2.05, 4.69) is 32.3 Å². The van der Waals surface area contributed by atoms with Crippen LogP contribution in [0.25, 0.3) is 0 Å². The molecule has 0 saturated carbocycles. The molecule has 2 heterocycles. The minimum atomic E-state index is -0.423. The number of nitrogens with one attached hydrogen (secondary N) is 1. The molecule has 1 fully saturated rings. The lowest BCUT2D eigenvalue weighted by Gasteiger charge is -2.35. The van der Waals surface area contributed by atoms with Crippen LogP contribution in [0.15, 0.2) is 54.9 Å². The molecule has 0 spiro atoms. The van der Waals surface area contributed by atoms with Crippen molar-refractivity contribution >= 4 is 34.6 Å². The number of rotatable bonds is 6. The van der Waals surface area contributed by atoms with Crippen molar-refractivity contribution in [3.05, 3.63) is 81.1 Å². The molecule has 4 rings (SSSR count). The Hall–Kier alpha value is -3.23. The number of benzene rings is 2. The zero-order valence-electron chi connectivity index (χ0n) is 17.2. The standard InChI is InChI=1S/C22H23ClN6O2/c1-16-7-8-18(23)13-19(16)26-21-20(29(30)31)22(25-15-24-21)28-11-9-27(10-12-28)14-17-5-3-2-4-6-17/h2-8,13,15H,9-12,14H2,1H3,(H,24,25,26). The molecule has 8 nitrogen and oxygen atoms in total. The van der Waals surface area contributed by atoms with Gasteiger partial charge < -0.3 is 10.2 Å². The van der Waals surface area contributed by atoms with Gasteiger partial charge in [-0.25, -0.2) is 9.97 Å². The van der Waals surface area contributed by atoms with Crippen LogP contribution in [0.2, 0.25) is 5.02 Å². The van der Waals surface area contributed by atoms with Gasteiger partial charge in [0.05, 0.1) is 4.92 Å². The Kier molecular flexibility index (Phi) is 6.29. The number of aromatic nitrogens is 2. The smallest absolute Gasteiger partial charge is 0.348 e. The largest absolute Gasteiger partial charge is 0.353 e. The van der Waals surface area contributed by atoms with Crippen molar-refractivity contribution in [3.63, 3.8) is 0 Å². The summed E-state index contributed by atoms with van der Waals surface area (Å²) in [7, 11) is 0. The first-order chi connectivity index (χ1) is 15.0. The highest BCUT2D eigenvalue weighted by Gasteiger charge is 2.29. The summed E-state index contributed by atoms with van der Waals surface area (Å²) < 4.78 is 0. The summed E-state index contributed by atoms with van der Waals surface area (Å²) in [4.78, 5) is 24.2. The Balaban J connectivity index is 1.53. The van der Waals surface area contributed by atoms with Gasteiger partial charge in [-0.1, -0.05) is 48.0 Å². The zero-order chi connectivity index (χ0) is 21.8. The van der Waals surface area contributed by atoms with Crippen LogP contribution in [0.4, 0.5) is 23.0 Å². The van der Waals surface area contributed by atoms with E-state index >= 15 is 0 Å². The molecule has 0 aliphatic carbocycles. The van der Waals surface area contributed by atoms with Gasteiger partial charge in [0.25, 0.3) is 0 Å². The number of halogens is 1. The Morgan fingerprint density at radius 1 is 1.10 bits per heavy atom. The first kappa shape index (κ1) is 21.0. The maximum absolute atomic E-state index is 12.0. The summed E-state index contributed by atoms with van der Waals surface area (Å²) >= 11 is 6.09. The number of nitrogens with zero attached hydrogens (tertiary/aromatic N) is 5. The van der Waals surface area contributed by atoms with Crippen molar-refractivity contribution < 1.29 is 4.92 Å². The van der Waals surface area contributed by atoms with Crippen LogP contribution in [0.1, 0.15) is 11.1 Å². The van der Waals surface area contributed by atoms with Crippen LogP contribution < -0.4 is 10.2 Å². The summed E-state index contributed by atoms with van der Waals surface area (Å²) in [5, 5.41) is 15.6. The van der Waals surface area contributed by atoms with Crippen molar-refractivity contribution in [2.75, 3.05) is 36.4 Å². The number of aryl methyl sites for hydroxylation is 1. The zero-order valence-corrected chi connectivity index (χ0v) is 17.9. The Labute approximate surface area is 185 Å². The van der Waals surface area contributed by atoms with Gasteiger partial charge in [-0.05, 0) is 30.2 Å². The number of hydrogen-bond donors (Lipinski definition) is 1. The van der Waals surface area contributed by atoms with E-state index in [1.165, 1.54) is 11.9 Å². The lowest BCUT2D eigenvalue weighted by molar-refractivity contribution is -0.383. The van der Waals surface area contributed by atoms with Gasteiger partial charge in [-0.3, -0.25) is 15.0 Å². The van der Waals surface area contributed by atoms with Crippen LogP contribution >= 0.6 is 11.6 Å². The first-order valence-corrected chi connectivity index (χ1v) is 10.4. The fourth-order valence-corrected chi connectivity index (χ4v) is 3.85. The van der Waals surface area contributed by atoms with Gasteiger partial charge in [-0.2, -0.15) is 0 Å². The molecular weight excluding hydrogens is 416 g/mol. The third-order valence-electron chi connectivity index (χ3n) is 5.36. The number of piperazine rings is 1. The van der Waals surface area contributed by atoms with Crippen molar-refractivity contribution in [1.29, 1.82) is 0 Å². The molecule has 160 valence electrons. The van der Waals surface area contributed by atoms with E-state index in [1.807, 2.05) is 36.1 Å². The topological polar surface area (TPSA) is 87.4 Å². The fourth-order valence-electron chi connectivity index (χ4n) is 3.68. The lowest BCUT2D eigenvalue weighted by Crippen LogP contribution is -2.46. The Morgan fingerprint density at radius 3 is 2.55 bits per heavy atom. The third-order valence-corrected chi connectivity index (χ3v) is 5.59. The van der Waals surface area contributed by atoms with Gasteiger partial charge in [0.2, 0.25) is 11.6 Å². The van der Waals surface area contributed by atoms with Crippen LogP contribution in [-0.2, 0) is 6.54 Å². The van der Waals surface area contributed by atoms with Crippen LogP contribution in [0.3, 0.4) is 0 Å². The van der Waals surface area contributed by atoms with Crippen molar-refractivity contribution in [2.45, 2.75) is 13.5 Å². The molecule has 2 aromatic carbocycles. The van der Waals surface area contributed by atoms with E-state index in [0.29, 0.717) is 29.6 Å². The fraction of sp³-hybridized carbons (Fsp3) is 0.273. The van der Waals surface area contributed by atoms with Gasteiger partial charge in [-0.15, -0.1) is 0 Å². The molecule has 0 amide bonds. The van der Waals surface area contributed by atoms with E-state index in [9.17, 15) is 10.1 Å². The second-order valence-corrected chi connectivity index (χ2v) is 7.92. The van der Waals surface area contributed by atoms with Gasteiger partial charge in [0.1, 0.15) is 6.33 Å². The maximum Gasteiger partial charge on any atom is 0.353 e. The third kappa shape index (κ3) is 4.92. The van der Waals surface area contributed by atoms with Gasteiger partial charge >= 0.3 is 5.69 Å². The normalized spacial score (nSPS) is 14.5. The Morgan fingerprint density at radius 2 is 1.84 bits per heavy atom. The predicted octanol–water partition coefficient (Wildman–Crippen LogP) is 4.41. The molecule has 0 unspecified atom stereocenters. The monoisotopic (exact) mass is 438 g/mol. The van der Waals surface area contributed by atoms with E-state index < -0.39 is 4.92 Å². The number of hydrogen-bond acceptors (Lipinski definition) is 7. The summed E-state index contributed by atoms with van der Waals surface area (Å²) in [5.41, 5.74) is 2.71. The molecule has 1 aromatic heterocycles. The number of anilines is 3. The summed E-state index contributed by atoms with van der Waals surface area (Å²) in [5.74, 6) is 0.494. The van der Waals surface area contributed by atoms with Gasteiger partial charge in [0.15, 0.2) is 0 Å². The van der Waals surface area contributed by atoms with Crippen molar-refractivity contribution in [2.24, 2.45) is 0 Å². The molecule has 31 heavy (non-hydrogen) atoms. The second kappa shape index (κ2) is 9.28. The van der Waals surface area contributed by atoms with E-state index in [0.717, 1.165) is 25.2 Å². The van der Waals surface area contributed by atoms with Crippen LogP contribution in [0, 0.1) is 17.0 Å². The van der Waals surface area contributed by atoms with Crippen LogP contribution in [-0.4, -0.2) is 46.0 Å². The van der Waals surface area contributed by atoms with Gasteiger partial charge in [0, 0.05) is 43.4 Å². The highest BCUT2D eigenvalue weighted by atomic mass is 35.5. The number of nitro groups is 1. The summed E-state index contributed by atoms with van der Waals surface area (Å²) in [6.07, 6.45) is 1.36. The van der Waals surface area contributed by atoms with E-state index in [-0.39, 0.29) is 11.5 Å². The average molecular weight is 439 g/mol. The van der Waals surface area contributed by atoms with E-state index in [1.54, 1.807) is 12.1 Å². The highest BCUT2D eigenvalue weighted by molar-refractivity contribution is 6.30. The predicted molar refractivity (Wildman–Crippen MR) is 122 cm³/mol. The molecule has 0 bridgehead atoms. The molecule has 9 heteroatoms. The molecule has 1 N–H and O–H groups in total. The van der Waals surface area contributed by atoms with Crippen molar-refractivity contribution in [3.8, 4) is 0 Å². The summed E-state index contributed by atoms with van der Waals surface area (Å²) in [6.45, 7) is 5.67. The SMILES string of the molecule is Cc1ccc(Cl)cc1Nc1ncnc(N2CCN(Cc3ccccc3)CC2)c1[N+](=O)[O-]. The lowest BCUT2D eigenvalue weighted by atomic mass is 10.2. The highest BCUT2D eigenvalue weighted by Crippen LogP contribution is 2.35. The second-order valence-electron chi connectivity index (χ2n) is 7.48. The maximum atomic E-state index is 12.0. The first-order valence-electron chi connectivity index (χ1n) is 10.0. The minimum absolute atomic E-state index is 0.126. The molecule has 0 atom stereocenters. The van der Waals surface area contributed by atoms with Crippen molar-refractivity contribution in [1.82, 2.24) is 14.9 Å². The molecule has 3 aromatic rings. The van der Waals surface area contributed by atoms with Crippen LogP contribution in [0.5, 0.6) is 0 Å². The molecule has 1 saturated heterocycles. The Bertz CT molecular complexity index is 1070. The minimum Gasteiger partial charge on any atom is -0.348 e. The molecule has 1 aliphatic rings. The quantitative estimate of drug-likeness (QED) is 0.450. The molecule has 1 aliphatic heterocycles.